The van der Waals surface area contributed by atoms with Crippen LogP contribution in [-0.4, -0.2) is 83.5 Å². The quantitative estimate of drug-likeness (QED) is 0.322. The first-order valence-corrected chi connectivity index (χ1v) is 20.8. The number of anilines is 1. The highest BCUT2D eigenvalue weighted by atomic mass is 35.5. The van der Waals surface area contributed by atoms with E-state index in [0.29, 0.717) is 45.0 Å². The number of ether oxygens (including phenoxy) is 2. The van der Waals surface area contributed by atoms with Gasteiger partial charge in [-0.15, -0.1) is 4.36 Å². The second-order valence-electron chi connectivity index (χ2n) is 16.2. The fourth-order valence-electron chi connectivity index (χ4n) is 8.56. The number of aryl methyl sites for hydroxylation is 1. The standard InChI is InChI=1S/C40H55ClN4O6S/c1-7-32-27(3)20-45-24-40(17-9-11-28-18-31(41)14-15-33(28)40)25-51-36-16-13-29(19-34(36)45)37(46)42-52(49,23-26(2)10-8-12-35(32)50-6)43-38(47)44-21-30(22-44)39(4,5)48/h8,12-16,18-19,26-27,30,32,35,48H,7,9-11,17,20-25H2,1-6H3,(H,42,43,46,47,49)/b12-8+/t26-,27-,32+,35-,40-,52?/m0/s1. The number of hydrogen-bond donors (Lipinski definition) is 2. The third kappa shape index (κ3) is 8.17. The van der Waals surface area contributed by atoms with Gasteiger partial charge in [0.1, 0.15) is 15.7 Å². The Morgan fingerprint density at radius 1 is 1.19 bits per heavy atom. The summed E-state index contributed by atoms with van der Waals surface area (Å²) in [7, 11) is -1.78. The van der Waals surface area contributed by atoms with E-state index in [1.807, 2.05) is 25.1 Å². The average Bonchev–Trinajstić information content (AvgIpc) is 3.18. The van der Waals surface area contributed by atoms with E-state index >= 15 is 0 Å². The zero-order valence-corrected chi connectivity index (χ0v) is 33.0. The Morgan fingerprint density at radius 3 is 2.67 bits per heavy atom. The van der Waals surface area contributed by atoms with Gasteiger partial charge < -0.3 is 24.4 Å². The fraction of sp³-hybridized carbons (Fsp3) is 0.600. The van der Waals surface area contributed by atoms with E-state index in [4.69, 9.17) is 21.1 Å². The van der Waals surface area contributed by atoms with Gasteiger partial charge in [0, 0.05) is 55.2 Å². The molecule has 0 aromatic heterocycles. The predicted octanol–water partition coefficient (Wildman–Crippen LogP) is 7.02. The number of nitrogens with one attached hydrogen (secondary N) is 1. The Morgan fingerprint density at radius 2 is 1.96 bits per heavy atom. The first-order valence-electron chi connectivity index (χ1n) is 18.7. The second kappa shape index (κ2) is 15.3. The third-order valence-electron chi connectivity index (χ3n) is 11.7. The highest BCUT2D eigenvalue weighted by Gasteiger charge is 2.43. The Bertz CT molecular complexity index is 1810. The summed E-state index contributed by atoms with van der Waals surface area (Å²) in [6.45, 7) is 12.4. The molecule has 0 radical (unpaired) electrons. The smallest absolute Gasteiger partial charge is 0.329 e. The normalized spacial score (nSPS) is 30.7. The number of carbonyl (C=O) groups is 2. The number of urea groups is 1. The molecule has 3 amide bonds. The van der Waals surface area contributed by atoms with Gasteiger partial charge in [-0.1, -0.05) is 57.0 Å². The molecule has 3 heterocycles. The molecule has 12 heteroatoms. The maximum Gasteiger partial charge on any atom is 0.329 e. The lowest BCUT2D eigenvalue weighted by Gasteiger charge is -2.45. The lowest BCUT2D eigenvalue weighted by Crippen LogP contribution is -2.60. The molecule has 10 nitrogen and oxygen atoms in total. The van der Waals surface area contributed by atoms with Crippen LogP contribution in [0.4, 0.5) is 10.5 Å². The molecule has 3 aliphatic heterocycles. The van der Waals surface area contributed by atoms with Crippen molar-refractivity contribution in [3.8, 4) is 5.75 Å². The molecule has 1 spiro atoms. The number of methoxy groups -OCH3 is 1. The van der Waals surface area contributed by atoms with Crippen molar-refractivity contribution in [2.75, 3.05) is 50.5 Å². The van der Waals surface area contributed by atoms with Crippen LogP contribution in [0, 0.1) is 23.7 Å². The molecule has 2 bridgehead atoms. The van der Waals surface area contributed by atoms with Crippen LogP contribution in [0.5, 0.6) is 5.75 Å². The summed E-state index contributed by atoms with van der Waals surface area (Å²) in [5.41, 5.74) is 2.35. The van der Waals surface area contributed by atoms with E-state index in [-0.39, 0.29) is 46.5 Å². The van der Waals surface area contributed by atoms with Gasteiger partial charge in [0.05, 0.1) is 29.8 Å². The minimum absolute atomic E-state index is 0.00500. The summed E-state index contributed by atoms with van der Waals surface area (Å²) in [6.07, 6.45) is 8.45. The number of allylic oxidation sites excluding steroid dienone is 1. The van der Waals surface area contributed by atoms with Gasteiger partial charge in [-0.3, -0.25) is 9.52 Å². The predicted molar refractivity (Wildman–Crippen MR) is 207 cm³/mol. The number of halogens is 1. The Kier molecular flexibility index (Phi) is 11.4. The number of rotatable bonds is 4. The van der Waals surface area contributed by atoms with E-state index in [1.165, 1.54) is 16.0 Å². The Balaban J connectivity index is 1.41. The first-order chi connectivity index (χ1) is 24.6. The molecule has 2 aromatic rings. The lowest BCUT2D eigenvalue weighted by molar-refractivity contribution is -0.0450. The molecule has 1 saturated heterocycles. The number of aliphatic hydroxyl groups is 1. The fourth-order valence-corrected chi connectivity index (χ4v) is 10.6. The average molecular weight is 755 g/mol. The van der Waals surface area contributed by atoms with Crippen LogP contribution in [0.25, 0.3) is 0 Å². The van der Waals surface area contributed by atoms with Crippen LogP contribution in [0.3, 0.4) is 0 Å². The van der Waals surface area contributed by atoms with Gasteiger partial charge in [0.25, 0.3) is 5.91 Å². The van der Waals surface area contributed by atoms with Crippen LogP contribution in [-0.2, 0) is 26.5 Å². The lowest BCUT2D eigenvalue weighted by atomic mass is 9.70. The number of nitrogens with zero attached hydrogens (tertiary/aromatic N) is 3. The maximum absolute atomic E-state index is 14.5. The third-order valence-corrected chi connectivity index (χ3v) is 13.9. The zero-order valence-electron chi connectivity index (χ0n) is 31.4. The van der Waals surface area contributed by atoms with Crippen molar-refractivity contribution >= 4 is 39.1 Å². The Hall–Kier alpha value is -3.12. The van der Waals surface area contributed by atoms with Gasteiger partial charge >= 0.3 is 6.03 Å². The minimum Gasteiger partial charge on any atom is -0.490 e. The topological polar surface area (TPSA) is 121 Å². The van der Waals surface area contributed by atoms with Crippen molar-refractivity contribution < 1.29 is 28.4 Å². The summed E-state index contributed by atoms with van der Waals surface area (Å²) in [5.74, 6) is 0.189. The largest absolute Gasteiger partial charge is 0.490 e. The van der Waals surface area contributed by atoms with Crippen LogP contribution in [0.1, 0.15) is 81.8 Å². The van der Waals surface area contributed by atoms with Crippen LogP contribution in [0.15, 0.2) is 52.9 Å². The Labute approximate surface area is 314 Å². The van der Waals surface area contributed by atoms with Crippen LogP contribution < -0.4 is 14.4 Å². The molecule has 1 aliphatic carbocycles. The van der Waals surface area contributed by atoms with Crippen molar-refractivity contribution in [2.24, 2.45) is 28.0 Å². The minimum atomic E-state index is -3.53. The number of benzene rings is 2. The maximum atomic E-state index is 14.5. The summed E-state index contributed by atoms with van der Waals surface area (Å²) in [5, 5.41) is 11.1. The van der Waals surface area contributed by atoms with Gasteiger partial charge in [-0.25, -0.2) is 9.00 Å². The molecule has 0 saturated carbocycles. The van der Waals surface area contributed by atoms with E-state index in [0.717, 1.165) is 36.4 Å². The molecule has 2 N–H and O–H groups in total. The monoisotopic (exact) mass is 754 g/mol. The van der Waals surface area contributed by atoms with E-state index < -0.39 is 27.5 Å². The molecular weight excluding hydrogens is 700 g/mol. The molecule has 52 heavy (non-hydrogen) atoms. The van der Waals surface area contributed by atoms with Gasteiger partial charge in [0.15, 0.2) is 0 Å². The highest BCUT2D eigenvalue weighted by Crippen LogP contribution is 2.45. The molecular formula is C40H55ClN4O6S. The molecule has 4 aliphatic rings. The summed E-state index contributed by atoms with van der Waals surface area (Å²) in [6, 6.07) is 11.0. The number of hydrogen-bond acceptors (Lipinski definition) is 7. The van der Waals surface area contributed by atoms with Gasteiger partial charge in [-0.05, 0) is 98.7 Å². The van der Waals surface area contributed by atoms with Crippen molar-refractivity contribution in [1.29, 1.82) is 0 Å². The highest BCUT2D eigenvalue weighted by molar-refractivity contribution is 7.92. The molecule has 1 fully saturated rings. The van der Waals surface area contributed by atoms with Crippen molar-refractivity contribution in [3.63, 3.8) is 0 Å². The SMILES string of the molecule is CC[C@H]1[C@@H](OC)/C=C/C[C@H](C)CS(=O)(NC(=O)N2CC(C(C)(C)O)C2)=NC(=O)c2ccc3c(c2)N(C[C@@H]1C)C[C@@]1(CCCc2cc(Cl)ccc21)CO3. The van der Waals surface area contributed by atoms with E-state index in [9.17, 15) is 18.9 Å². The number of fused-ring (bicyclic) bond motifs is 3. The van der Waals surface area contributed by atoms with Gasteiger partial charge in [-0.2, -0.15) is 0 Å². The van der Waals surface area contributed by atoms with Crippen molar-refractivity contribution in [2.45, 2.75) is 83.8 Å². The molecule has 2 aromatic carbocycles. The number of likely N-dealkylation sites (tertiary alicyclic amines) is 1. The first kappa shape index (κ1) is 38.6. The number of amides is 3. The molecule has 6 atom stereocenters. The van der Waals surface area contributed by atoms with Gasteiger partial charge in [0.2, 0.25) is 0 Å². The van der Waals surface area contributed by atoms with Crippen LogP contribution in [0.2, 0.25) is 5.02 Å². The number of carbonyl (C=O) groups excluding carboxylic acids is 2. The molecule has 6 rings (SSSR count). The zero-order chi connectivity index (χ0) is 37.4. The van der Waals surface area contributed by atoms with Crippen molar-refractivity contribution in [3.05, 3.63) is 70.3 Å². The van der Waals surface area contributed by atoms with E-state index in [2.05, 4.69) is 52.1 Å². The van der Waals surface area contributed by atoms with Crippen LogP contribution >= 0.6 is 11.6 Å². The summed E-state index contributed by atoms with van der Waals surface area (Å²) in [4.78, 5) is 31.2. The summed E-state index contributed by atoms with van der Waals surface area (Å²) >= 11 is 6.46. The van der Waals surface area contributed by atoms with E-state index in [1.54, 1.807) is 27.0 Å². The summed E-state index contributed by atoms with van der Waals surface area (Å²) < 4.78 is 34.2. The van der Waals surface area contributed by atoms with Crippen molar-refractivity contribution in [1.82, 2.24) is 9.62 Å². The molecule has 284 valence electrons. The second-order valence-corrected chi connectivity index (χ2v) is 18.6. The molecule has 1 unspecified atom stereocenters.